The monoisotopic (exact) mass is 275 g/mol. The predicted octanol–water partition coefficient (Wildman–Crippen LogP) is 2.30. The van der Waals surface area contributed by atoms with E-state index in [1.54, 1.807) is 0 Å². The summed E-state index contributed by atoms with van der Waals surface area (Å²) >= 11 is 0. The van der Waals surface area contributed by atoms with Crippen molar-refractivity contribution in [3.8, 4) is 0 Å². The van der Waals surface area contributed by atoms with Gasteiger partial charge in [0.05, 0.1) is 0 Å². The van der Waals surface area contributed by atoms with Gasteiger partial charge in [0, 0.05) is 18.2 Å². The van der Waals surface area contributed by atoms with Crippen molar-refractivity contribution in [2.24, 2.45) is 11.8 Å². The Kier molecular flexibility index (Phi) is 5.15. The van der Waals surface area contributed by atoms with Gasteiger partial charge in [0.2, 0.25) is 0 Å². The summed E-state index contributed by atoms with van der Waals surface area (Å²) in [5, 5.41) is 0. The zero-order valence-electron chi connectivity index (χ0n) is 12.4. The van der Waals surface area contributed by atoms with E-state index in [2.05, 4.69) is 24.3 Å². The number of rotatable bonds is 4. The second-order valence-corrected chi connectivity index (χ2v) is 6.01. The van der Waals surface area contributed by atoms with Crippen LogP contribution in [0, 0.1) is 5.92 Å². The molecule has 1 aliphatic rings. The maximum atomic E-state index is 11.4. The van der Waals surface area contributed by atoms with E-state index in [0.29, 0.717) is 11.6 Å². The number of nitrogens with zero attached hydrogens (tertiary/aromatic N) is 1. The molecule has 2 unspecified atom stereocenters. The fourth-order valence-corrected chi connectivity index (χ4v) is 3.06. The van der Waals surface area contributed by atoms with Gasteiger partial charge < -0.3 is 0 Å². The molecular weight excluding hydrogens is 250 g/mol. The van der Waals surface area contributed by atoms with Crippen molar-refractivity contribution in [3.05, 3.63) is 35.4 Å². The highest BCUT2D eigenvalue weighted by molar-refractivity contribution is 5.93. The molecule has 20 heavy (non-hydrogen) atoms. The quantitative estimate of drug-likeness (QED) is 0.503. The van der Waals surface area contributed by atoms with Gasteiger partial charge in [-0.2, -0.15) is 0 Å². The Hall–Kier alpha value is -1.39. The van der Waals surface area contributed by atoms with Gasteiger partial charge in [-0.1, -0.05) is 31.9 Å². The number of carbonyl (C=O) groups excluding carboxylic acids is 1. The molecule has 0 radical (unpaired) electrons. The zero-order valence-corrected chi connectivity index (χ0v) is 12.4. The first-order valence-corrected chi connectivity index (χ1v) is 7.40. The molecule has 0 aliphatic heterocycles. The first-order chi connectivity index (χ1) is 9.60. The molecule has 0 heterocycles. The molecule has 4 nitrogen and oxygen atoms in total. The molecule has 1 fully saturated rings. The minimum absolute atomic E-state index is 0.244. The molecule has 3 N–H and O–H groups in total. The van der Waals surface area contributed by atoms with Gasteiger partial charge in [-0.15, -0.1) is 0 Å². The van der Waals surface area contributed by atoms with Crippen molar-refractivity contribution >= 4 is 5.91 Å². The molecule has 0 spiro atoms. The number of hydrogen-bond donors (Lipinski definition) is 2. The van der Waals surface area contributed by atoms with Gasteiger partial charge in [0.25, 0.3) is 5.91 Å². The molecule has 0 aromatic heterocycles. The molecule has 1 aromatic carbocycles. The SMILES string of the molecule is CC1CCCC(N(C)Cc2ccc(C(=O)NN)cc2)C1. The number of hydrazine groups is 1. The lowest BCUT2D eigenvalue weighted by molar-refractivity contribution is 0.0953. The Morgan fingerprint density at radius 2 is 2.05 bits per heavy atom. The van der Waals surface area contributed by atoms with Crippen LogP contribution in [0.3, 0.4) is 0 Å². The third-order valence-electron chi connectivity index (χ3n) is 4.31. The average molecular weight is 275 g/mol. The Labute approximate surface area is 121 Å². The minimum Gasteiger partial charge on any atom is -0.299 e. The van der Waals surface area contributed by atoms with Gasteiger partial charge in [0.1, 0.15) is 0 Å². The Morgan fingerprint density at radius 1 is 1.35 bits per heavy atom. The van der Waals surface area contributed by atoms with Gasteiger partial charge in [-0.3, -0.25) is 15.1 Å². The molecule has 1 saturated carbocycles. The highest BCUT2D eigenvalue weighted by Crippen LogP contribution is 2.27. The number of carbonyl (C=O) groups is 1. The lowest BCUT2D eigenvalue weighted by Crippen LogP contribution is -2.35. The van der Waals surface area contributed by atoms with Crippen LogP contribution in [-0.2, 0) is 6.54 Å². The second-order valence-electron chi connectivity index (χ2n) is 6.01. The molecule has 1 aliphatic carbocycles. The summed E-state index contributed by atoms with van der Waals surface area (Å²) < 4.78 is 0. The van der Waals surface area contributed by atoms with E-state index < -0.39 is 0 Å². The van der Waals surface area contributed by atoms with E-state index in [1.807, 2.05) is 24.3 Å². The Bertz CT molecular complexity index is 444. The van der Waals surface area contributed by atoms with Crippen LogP contribution in [0.1, 0.15) is 48.5 Å². The molecule has 1 aromatic rings. The number of nitrogens with two attached hydrogens (primary N) is 1. The summed E-state index contributed by atoms with van der Waals surface area (Å²) in [7, 11) is 2.20. The van der Waals surface area contributed by atoms with Crippen molar-refractivity contribution in [1.82, 2.24) is 10.3 Å². The third-order valence-corrected chi connectivity index (χ3v) is 4.31. The Balaban J connectivity index is 1.93. The normalized spacial score (nSPS) is 22.8. The van der Waals surface area contributed by atoms with Gasteiger partial charge >= 0.3 is 0 Å². The van der Waals surface area contributed by atoms with Crippen molar-refractivity contribution < 1.29 is 4.79 Å². The predicted molar refractivity (Wildman–Crippen MR) is 81.0 cm³/mol. The number of nitrogens with one attached hydrogen (secondary N) is 1. The molecule has 0 bridgehead atoms. The molecule has 2 rings (SSSR count). The maximum Gasteiger partial charge on any atom is 0.265 e. The topological polar surface area (TPSA) is 58.4 Å². The van der Waals surface area contributed by atoms with Crippen LogP contribution in [0.5, 0.6) is 0 Å². The first-order valence-electron chi connectivity index (χ1n) is 7.40. The van der Waals surface area contributed by atoms with Crippen molar-refractivity contribution in [2.45, 2.75) is 45.2 Å². The molecule has 1 amide bonds. The summed E-state index contributed by atoms with van der Waals surface area (Å²) in [6.07, 6.45) is 5.30. The number of nitrogen functional groups attached to an aromatic ring is 1. The molecule has 110 valence electrons. The fraction of sp³-hybridized carbons (Fsp3) is 0.562. The van der Waals surface area contributed by atoms with Crippen molar-refractivity contribution in [1.29, 1.82) is 0 Å². The molecule has 4 heteroatoms. The lowest BCUT2D eigenvalue weighted by atomic mass is 9.86. The molecule has 0 saturated heterocycles. The lowest BCUT2D eigenvalue weighted by Gasteiger charge is -2.34. The van der Waals surface area contributed by atoms with E-state index in [4.69, 9.17) is 5.84 Å². The van der Waals surface area contributed by atoms with Crippen molar-refractivity contribution in [3.63, 3.8) is 0 Å². The minimum atomic E-state index is -0.244. The zero-order chi connectivity index (χ0) is 14.5. The van der Waals surface area contributed by atoms with E-state index in [9.17, 15) is 4.79 Å². The van der Waals surface area contributed by atoms with Crippen LogP contribution in [0.15, 0.2) is 24.3 Å². The van der Waals surface area contributed by atoms with E-state index in [0.717, 1.165) is 12.5 Å². The standard InChI is InChI=1S/C16H25N3O/c1-12-4-3-5-15(10-12)19(2)11-13-6-8-14(9-7-13)16(20)18-17/h6-9,12,15H,3-5,10-11,17H2,1-2H3,(H,18,20). The second kappa shape index (κ2) is 6.86. The smallest absolute Gasteiger partial charge is 0.265 e. The van der Waals surface area contributed by atoms with Crippen LogP contribution in [0.2, 0.25) is 0 Å². The van der Waals surface area contributed by atoms with Crippen LogP contribution in [-0.4, -0.2) is 23.9 Å². The summed E-state index contributed by atoms with van der Waals surface area (Å²) in [6, 6.07) is 8.36. The highest BCUT2D eigenvalue weighted by atomic mass is 16.2. The van der Waals surface area contributed by atoms with Crippen molar-refractivity contribution in [2.75, 3.05) is 7.05 Å². The molecular formula is C16H25N3O. The average Bonchev–Trinajstić information content (AvgIpc) is 2.47. The van der Waals surface area contributed by atoms with E-state index in [1.165, 1.54) is 31.2 Å². The number of hydrogen-bond acceptors (Lipinski definition) is 3. The fourth-order valence-electron chi connectivity index (χ4n) is 3.06. The van der Waals surface area contributed by atoms with E-state index in [-0.39, 0.29) is 5.91 Å². The maximum absolute atomic E-state index is 11.4. The van der Waals surface area contributed by atoms with Gasteiger partial charge in [0.15, 0.2) is 0 Å². The summed E-state index contributed by atoms with van der Waals surface area (Å²) in [5.41, 5.74) is 3.99. The Morgan fingerprint density at radius 3 is 2.65 bits per heavy atom. The summed E-state index contributed by atoms with van der Waals surface area (Å²) in [6.45, 7) is 3.28. The third kappa shape index (κ3) is 3.81. The highest BCUT2D eigenvalue weighted by Gasteiger charge is 2.22. The first kappa shape index (κ1) is 15.0. The van der Waals surface area contributed by atoms with Gasteiger partial charge in [-0.05, 0) is 43.5 Å². The van der Waals surface area contributed by atoms with Gasteiger partial charge in [-0.25, -0.2) is 5.84 Å². The largest absolute Gasteiger partial charge is 0.299 e. The number of amides is 1. The summed E-state index contributed by atoms with van der Waals surface area (Å²) in [5.74, 6) is 5.72. The van der Waals surface area contributed by atoms with Crippen LogP contribution in [0.25, 0.3) is 0 Å². The van der Waals surface area contributed by atoms with E-state index >= 15 is 0 Å². The van der Waals surface area contributed by atoms with Crippen LogP contribution in [0.4, 0.5) is 0 Å². The van der Waals surface area contributed by atoms with Crippen LogP contribution < -0.4 is 11.3 Å². The van der Waals surface area contributed by atoms with Crippen LogP contribution >= 0.6 is 0 Å². The summed E-state index contributed by atoms with van der Waals surface area (Å²) in [4.78, 5) is 13.8. The molecule has 2 atom stereocenters. The number of benzene rings is 1.